The molecule has 0 bridgehead atoms. The van der Waals surface area contributed by atoms with Gasteiger partial charge in [-0.2, -0.15) is 5.10 Å². The van der Waals surface area contributed by atoms with Gasteiger partial charge in [0.2, 0.25) is 11.8 Å². The Morgan fingerprint density at radius 2 is 1.81 bits per heavy atom. The predicted molar refractivity (Wildman–Crippen MR) is 166 cm³/mol. The fraction of sp³-hybridized carbons (Fsp3) is 0.500. The van der Waals surface area contributed by atoms with Gasteiger partial charge in [0.05, 0.1) is 17.5 Å². The third kappa shape index (κ3) is 6.67. The molecule has 7 nitrogen and oxygen atoms in total. The Balaban J connectivity index is 1.34. The van der Waals surface area contributed by atoms with Crippen LogP contribution in [-0.2, 0) is 28.2 Å². The largest absolute Gasteiger partial charge is 0.439 e. The zero-order chi connectivity index (χ0) is 30.2. The van der Waals surface area contributed by atoms with E-state index in [0.29, 0.717) is 24.5 Å². The van der Waals surface area contributed by atoms with E-state index in [2.05, 4.69) is 17.1 Å². The first-order chi connectivity index (χ1) is 20.6. The summed E-state index contributed by atoms with van der Waals surface area (Å²) >= 11 is 0. The number of rotatable bonds is 7. The molecule has 0 saturated heterocycles. The van der Waals surface area contributed by atoms with Crippen molar-refractivity contribution in [2.75, 3.05) is 0 Å². The van der Waals surface area contributed by atoms with Crippen molar-refractivity contribution >= 4 is 17.4 Å². The summed E-state index contributed by atoms with van der Waals surface area (Å²) in [5.41, 5.74) is 3.73. The minimum absolute atomic E-state index is 0.112. The van der Waals surface area contributed by atoms with Crippen molar-refractivity contribution < 1.29 is 19.1 Å². The van der Waals surface area contributed by atoms with Crippen LogP contribution in [0.5, 0.6) is 0 Å². The topological polar surface area (TPSA) is 96.0 Å². The Hall–Kier alpha value is -3.58. The lowest BCUT2D eigenvalue weighted by Crippen LogP contribution is -2.31. The fourth-order valence-corrected chi connectivity index (χ4v) is 6.45. The zero-order valence-electron chi connectivity index (χ0n) is 25.6. The second kappa shape index (κ2) is 11.8. The molecule has 2 saturated carbocycles. The summed E-state index contributed by atoms with van der Waals surface area (Å²) in [6, 6.07) is 16.1. The first-order valence-electron chi connectivity index (χ1n) is 15.9. The lowest BCUT2D eigenvalue weighted by atomic mass is 9.79. The number of aromatic nitrogens is 1. The average molecular weight is 582 g/mol. The van der Waals surface area contributed by atoms with Crippen LogP contribution in [0.25, 0.3) is 11.3 Å². The number of amides is 1. The standard InChI is InChI=1S/C36H43N3O4/c1-35(2,3)31(40)19-24-18-26-12-7-8-15-29(26)34(25-10-5-4-6-11-25)38-39(33(41)20-24)23-32-37-22-30(43-32)27-13-9-14-28(21-27)36(42)16-17-36/h7-9,12-15,21-22,24-25,42H,4-6,10-11,16-20,23H2,1-3H3/b38-34-. The van der Waals surface area contributed by atoms with E-state index in [9.17, 15) is 14.7 Å². The molecule has 1 aliphatic heterocycles. The number of hydrogen-bond donors (Lipinski definition) is 1. The van der Waals surface area contributed by atoms with Crippen LogP contribution in [0.15, 0.2) is 64.2 Å². The van der Waals surface area contributed by atoms with Crippen molar-refractivity contribution in [2.45, 2.75) is 97.1 Å². The van der Waals surface area contributed by atoms with Gasteiger partial charge in [-0.15, -0.1) is 0 Å². The van der Waals surface area contributed by atoms with Crippen molar-refractivity contribution in [2.24, 2.45) is 22.4 Å². The van der Waals surface area contributed by atoms with E-state index in [1.165, 1.54) is 6.42 Å². The minimum atomic E-state index is -0.736. The van der Waals surface area contributed by atoms with E-state index in [1.807, 2.05) is 57.2 Å². The van der Waals surface area contributed by atoms with Crippen molar-refractivity contribution in [1.29, 1.82) is 0 Å². The fourth-order valence-electron chi connectivity index (χ4n) is 6.45. The van der Waals surface area contributed by atoms with Crippen molar-refractivity contribution in [3.8, 4) is 11.3 Å². The highest BCUT2D eigenvalue weighted by molar-refractivity contribution is 6.04. The summed E-state index contributed by atoms with van der Waals surface area (Å²) in [6.07, 6.45) is 10.1. The van der Waals surface area contributed by atoms with Crippen LogP contribution >= 0.6 is 0 Å². The van der Waals surface area contributed by atoms with E-state index in [-0.39, 0.29) is 36.5 Å². The predicted octanol–water partition coefficient (Wildman–Crippen LogP) is 7.20. The number of fused-ring (bicyclic) bond motifs is 1. The molecule has 2 aliphatic carbocycles. The van der Waals surface area contributed by atoms with Gasteiger partial charge in [0.25, 0.3) is 0 Å². The lowest BCUT2D eigenvalue weighted by Gasteiger charge is -2.26. The van der Waals surface area contributed by atoms with E-state index in [4.69, 9.17) is 9.52 Å². The summed E-state index contributed by atoms with van der Waals surface area (Å²) in [5.74, 6) is 1.19. The molecular formula is C36H43N3O4. The molecule has 2 aromatic carbocycles. The second-order valence-electron chi connectivity index (χ2n) is 13.8. The van der Waals surface area contributed by atoms with Crippen molar-refractivity contribution in [3.63, 3.8) is 0 Å². The van der Waals surface area contributed by atoms with Crippen molar-refractivity contribution in [1.82, 2.24) is 9.99 Å². The molecule has 1 aromatic heterocycles. The molecule has 1 unspecified atom stereocenters. The van der Waals surface area contributed by atoms with E-state index < -0.39 is 11.0 Å². The van der Waals surface area contributed by atoms with Crippen LogP contribution < -0.4 is 0 Å². The number of carbonyl (C=O) groups excluding carboxylic acids is 2. The molecule has 226 valence electrons. The minimum Gasteiger partial charge on any atom is -0.439 e. The van der Waals surface area contributed by atoms with Crippen LogP contribution in [0.1, 0.15) is 101 Å². The third-order valence-corrected chi connectivity index (χ3v) is 9.33. The van der Waals surface area contributed by atoms with Crippen LogP contribution in [0.3, 0.4) is 0 Å². The average Bonchev–Trinajstić information content (AvgIpc) is 3.56. The Morgan fingerprint density at radius 1 is 1.05 bits per heavy atom. The molecule has 6 rings (SSSR count). The number of Topliss-reactive ketones (excluding diaryl/α,β-unsaturated/α-hetero) is 1. The number of hydrazone groups is 1. The highest BCUT2D eigenvalue weighted by atomic mass is 16.4. The molecule has 1 atom stereocenters. The molecule has 43 heavy (non-hydrogen) atoms. The number of hydrogen-bond acceptors (Lipinski definition) is 6. The molecule has 0 radical (unpaired) electrons. The summed E-state index contributed by atoms with van der Waals surface area (Å²) in [6.45, 7) is 5.94. The molecule has 1 amide bonds. The highest BCUT2D eigenvalue weighted by Crippen LogP contribution is 2.46. The van der Waals surface area contributed by atoms with E-state index >= 15 is 0 Å². The van der Waals surface area contributed by atoms with Crippen molar-refractivity contribution in [3.05, 3.63) is 77.3 Å². The number of benzene rings is 2. The second-order valence-corrected chi connectivity index (χ2v) is 13.8. The quantitative estimate of drug-likeness (QED) is 0.318. The maximum atomic E-state index is 14.0. The SMILES string of the molecule is CC(C)(C)C(=O)CC1CC(=O)N(Cc2ncc(-c3cccc(C4(O)CC4)c3)o2)/N=C(/C2CCCCC2)c2ccccc2C1. The van der Waals surface area contributed by atoms with Crippen LogP contribution in [-0.4, -0.2) is 32.5 Å². The van der Waals surface area contributed by atoms with Crippen LogP contribution in [0.2, 0.25) is 0 Å². The van der Waals surface area contributed by atoms with Gasteiger partial charge in [-0.25, -0.2) is 9.99 Å². The monoisotopic (exact) mass is 581 g/mol. The molecule has 1 N–H and O–H groups in total. The highest BCUT2D eigenvalue weighted by Gasteiger charge is 2.42. The summed E-state index contributed by atoms with van der Waals surface area (Å²) in [5, 5.41) is 17.3. The molecule has 0 spiro atoms. The van der Waals surface area contributed by atoms with Gasteiger partial charge in [0.15, 0.2) is 5.76 Å². The van der Waals surface area contributed by atoms with Crippen LogP contribution in [0.4, 0.5) is 0 Å². The summed E-state index contributed by atoms with van der Waals surface area (Å²) < 4.78 is 6.19. The first kappa shape index (κ1) is 29.5. The summed E-state index contributed by atoms with van der Waals surface area (Å²) in [4.78, 5) is 31.7. The van der Waals surface area contributed by atoms with Gasteiger partial charge < -0.3 is 9.52 Å². The van der Waals surface area contributed by atoms with E-state index in [1.54, 1.807) is 11.2 Å². The number of aliphatic hydroxyl groups is 1. The Labute approximate surface area is 254 Å². The van der Waals surface area contributed by atoms with Gasteiger partial charge in [0, 0.05) is 35.3 Å². The van der Waals surface area contributed by atoms with Crippen LogP contribution in [0, 0.1) is 17.3 Å². The lowest BCUT2D eigenvalue weighted by molar-refractivity contribution is -0.134. The van der Waals surface area contributed by atoms with Gasteiger partial charge in [-0.1, -0.05) is 82.5 Å². The van der Waals surface area contributed by atoms with Gasteiger partial charge in [0.1, 0.15) is 12.3 Å². The van der Waals surface area contributed by atoms with Gasteiger partial charge in [-0.3, -0.25) is 9.59 Å². The number of oxazole rings is 1. The molecular weight excluding hydrogens is 538 g/mol. The van der Waals surface area contributed by atoms with Gasteiger partial charge in [-0.05, 0) is 55.2 Å². The Kier molecular flexibility index (Phi) is 8.12. The number of carbonyl (C=O) groups is 2. The molecule has 3 aliphatic rings. The Bertz CT molecular complexity index is 1520. The number of nitrogens with zero attached hydrogens (tertiary/aromatic N) is 3. The maximum Gasteiger partial charge on any atom is 0.243 e. The molecule has 3 aromatic rings. The maximum absolute atomic E-state index is 14.0. The first-order valence-corrected chi connectivity index (χ1v) is 15.9. The zero-order valence-corrected chi connectivity index (χ0v) is 25.6. The van der Waals surface area contributed by atoms with E-state index in [0.717, 1.165) is 66.5 Å². The third-order valence-electron chi connectivity index (χ3n) is 9.33. The molecule has 2 fully saturated rings. The smallest absolute Gasteiger partial charge is 0.243 e. The molecule has 2 heterocycles. The van der Waals surface area contributed by atoms with Gasteiger partial charge >= 0.3 is 0 Å². The Morgan fingerprint density at radius 3 is 2.56 bits per heavy atom. The summed E-state index contributed by atoms with van der Waals surface area (Å²) in [7, 11) is 0. The normalized spacial score (nSPS) is 22.1. The molecule has 7 heteroatoms. The number of ketones is 1.